The van der Waals surface area contributed by atoms with Gasteiger partial charge < -0.3 is 19.9 Å². The van der Waals surface area contributed by atoms with Crippen molar-refractivity contribution in [1.29, 1.82) is 0 Å². The van der Waals surface area contributed by atoms with Crippen molar-refractivity contribution in [2.24, 2.45) is 0 Å². The summed E-state index contributed by atoms with van der Waals surface area (Å²) in [6.07, 6.45) is 3.16. The molecule has 2 amide bonds. The second kappa shape index (κ2) is 9.18. The molecule has 0 saturated heterocycles. The van der Waals surface area contributed by atoms with Crippen LogP contribution in [0.3, 0.4) is 0 Å². The summed E-state index contributed by atoms with van der Waals surface area (Å²) in [6, 6.07) is 0. The summed E-state index contributed by atoms with van der Waals surface area (Å²) in [6.45, 7) is 0.511. The highest BCUT2D eigenvalue weighted by atomic mass is 32.2. The topological polar surface area (TPSA) is 128 Å². The molecule has 0 radical (unpaired) electrons. The molecule has 0 atom stereocenters. The molecule has 0 saturated carbocycles. The molecule has 1 aromatic heterocycles. The number of rotatable bonds is 8. The summed E-state index contributed by atoms with van der Waals surface area (Å²) >= 11 is 1.25. The lowest BCUT2D eigenvalue weighted by Gasteiger charge is -2.10. The van der Waals surface area contributed by atoms with Gasteiger partial charge in [0.1, 0.15) is 5.56 Å². The van der Waals surface area contributed by atoms with Crippen LogP contribution in [0.4, 0.5) is 4.79 Å². The van der Waals surface area contributed by atoms with E-state index in [9.17, 15) is 19.2 Å². The van der Waals surface area contributed by atoms with Crippen molar-refractivity contribution in [3.63, 3.8) is 0 Å². The summed E-state index contributed by atoms with van der Waals surface area (Å²) in [5.74, 6) is -1.07. The number of alkyl carbamates (subject to hydrolysis) is 1. The van der Waals surface area contributed by atoms with Gasteiger partial charge in [0.2, 0.25) is 17.3 Å². The van der Waals surface area contributed by atoms with E-state index in [0.29, 0.717) is 12.3 Å². The molecular formula is C16H19N3O6S. The Bertz CT molecular complexity index is 755. The number of ketones is 2. The number of amides is 2. The molecule has 10 heteroatoms. The predicted molar refractivity (Wildman–Crippen MR) is 93.4 cm³/mol. The van der Waals surface area contributed by atoms with Gasteiger partial charge in [-0.05, 0) is 18.6 Å². The zero-order valence-corrected chi connectivity index (χ0v) is 15.2. The second-order valence-corrected chi connectivity index (χ2v) is 6.48. The van der Waals surface area contributed by atoms with Crippen molar-refractivity contribution in [2.45, 2.75) is 19.3 Å². The first-order chi connectivity index (χ1) is 12.5. The van der Waals surface area contributed by atoms with Crippen LogP contribution in [-0.4, -0.2) is 55.2 Å². The molecule has 0 aliphatic heterocycles. The van der Waals surface area contributed by atoms with Crippen molar-refractivity contribution < 1.29 is 28.4 Å². The number of nitrogens with zero attached hydrogens (tertiary/aromatic N) is 1. The van der Waals surface area contributed by atoms with Gasteiger partial charge in [-0.25, -0.2) is 4.79 Å². The van der Waals surface area contributed by atoms with Crippen LogP contribution >= 0.6 is 11.8 Å². The Labute approximate surface area is 153 Å². The van der Waals surface area contributed by atoms with Crippen molar-refractivity contribution in [3.05, 3.63) is 28.0 Å². The van der Waals surface area contributed by atoms with Crippen LogP contribution in [0.15, 0.2) is 15.5 Å². The highest BCUT2D eigenvalue weighted by molar-refractivity contribution is 8.04. The molecule has 1 aliphatic carbocycles. The number of hydrogen-bond donors (Lipinski definition) is 2. The van der Waals surface area contributed by atoms with Gasteiger partial charge in [0, 0.05) is 19.7 Å². The molecule has 0 unspecified atom stereocenters. The third-order valence-corrected chi connectivity index (χ3v) is 4.71. The van der Waals surface area contributed by atoms with Gasteiger partial charge in [-0.3, -0.25) is 14.4 Å². The number of hydrogen-bond acceptors (Lipinski definition) is 8. The average molecular weight is 381 g/mol. The van der Waals surface area contributed by atoms with E-state index in [1.54, 1.807) is 0 Å². The molecule has 0 bridgehead atoms. The first-order valence-corrected chi connectivity index (χ1v) is 8.95. The van der Waals surface area contributed by atoms with Crippen LogP contribution in [0.25, 0.3) is 0 Å². The molecule has 2 N–H and O–H groups in total. The quantitative estimate of drug-likeness (QED) is 0.649. The van der Waals surface area contributed by atoms with Gasteiger partial charge in [-0.2, -0.15) is 0 Å². The highest BCUT2D eigenvalue weighted by Gasteiger charge is 2.35. The highest BCUT2D eigenvalue weighted by Crippen LogP contribution is 2.31. The van der Waals surface area contributed by atoms with Crippen molar-refractivity contribution in [1.82, 2.24) is 15.8 Å². The number of fused-ring (bicyclic) bond motifs is 1. The summed E-state index contributed by atoms with van der Waals surface area (Å²) in [5, 5.41) is 8.48. The smallest absolute Gasteiger partial charge is 0.406 e. The third kappa shape index (κ3) is 4.51. The number of Topliss-reactive ketones (excluding diaryl/α,β-unsaturated/α-hetero) is 1. The Morgan fingerprint density at radius 2 is 2.04 bits per heavy atom. The van der Waals surface area contributed by atoms with Gasteiger partial charge in [0.05, 0.1) is 12.0 Å². The monoisotopic (exact) mass is 381 g/mol. The Morgan fingerprint density at radius 1 is 1.27 bits per heavy atom. The van der Waals surface area contributed by atoms with Gasteiger partial charge in [0.15, 0.2) is 5.69 Å². The zero-order chi connectivity index (χ0) is 19.1. The van der Waals surface area contributed by atoms with Gasteiger partial charge >= 0.3 is 6.09 Å². The molecule has 1 aromatic rings. The van der Waals surface area contributed by atoms with Crippen LogP contribution in [0.5, 0.6) is 0 Å². The van der Waals surface area contributed by atoms with Gasteiger partial charge in [0.25, 0.3) is 5.91 Å². The van der Waals surface area contributed by atoms with Crippen LogP contribution < -0.4 is 10.6 Å². The lowest BCUT2D eigenvalue weighted by molar-refractivity contribution is 0.0944. The number of ether oxygens (including phenoxy) is 1. The summed E-state index contributed by atoms with van der Waals surface area (Å²) in [7, 11) is 2.71. The van der Waals surface area contributed by atoms with E-state index in [2.05, 4.69) is 20.5 Å². The summed E-state index contributed by atoms with van der Waals surface area (Å²) in [4.78, 5) is 47.6. The third-order valence-electron chi connectivity index (χ3n) is 3.60. The number of methoxy groups -OCH3 is 1. The Kier molecular flexibility index (Phi) is 6.96. The minimum Gasteiger partial charge on any atom is -0.453 e. The van der Waals surface area contributed by atoms with Crippen LogP contribution in [0.2, 0.25) is 0 Å². The minimum absolute atomic E-state index is 0.0818. The molecule has 1 aliphatic rings. The molecule has 0 spiro atoms. The number of allylic oxidation sites excluding steroid dienone is 2. The molecular weight excluding hydrogens is 362 g/mol. The van der Waals surface area contributed by atoms with Crippen molar-refractivity contribution in [2.75, 3.05) is 26.5 Å². The minimum atomic E-state index is -0.583. The fourth-order valence-corrected chi connectivity index (χ4v) is 3.26. The fraction of sp³-hybridized carbons (Fsp3) is 0.438. The van der Waals surface area contributed by atoms with Crippen molar-refractivity contribution in [3.8, 4) is 0 Å². The number of carbonyl (C=O) groups excluding carboxylic acids is 4. The van der Waals surface area contributed by atoms with Gasteiger partial charge in [-0.1, -0.05) is 11.6 Å². The van der Waals surface area contributed by atoms with Crippen LogP contribution in [0.1, 0.15) is 50.7 Å². The first-order valence-electron chi connectivity index (χ1n) is 7.96. The van der Waals surface area contributed by atoms with E-state index < -0.39 is 23.6 Å². The second-order valence-electron chi connectivity index (χ2n) is 5.34. The number of aromatic nitrogens is 1. The maximum atomic E-state index is 12.6. The lowest BCUT2D eigenvalue weighted by Crippen LogP contribution is -2.24. The Balaban J connectivity index is 1.87. The molecule has 26 heavy (non-hydrogen) atoms. The van der Waals surface area contributed by atoms with Crippen molar-refractivity contribution >= 4 is 35.3 Å². The first kappa shape index (κ1) is 19.7. The molecule has 1 heterocycles. The average Bonchev–Trinajstić information content (AvgIpc) is 3.09. The zero-order valence-electron chi connectivity index (χ0n) is 14.4. The molecule has 0 aromatic carbocycles. The molecule has 140 valence electrons. The number of nitrogens with one attached hydrogen (secondary N) is 2. The van der Waals surface area contributed by atoms with E-state index in [1.165, 1.54) is 32.0 Å². The SMILES string of the molecule is CNC(=O)c1noc2c1C(=O)C(SCCCCCNC(=O)OC)=CC2=O. The largest absolute Gasteiger partial charge is 0.453 e. The summed E-state index contributed by atoms with van der Waals surface area (Å²) < 4.78 is 9.32. The fourth-order valence-electron chi connectivity index (χ4n) is 2.27. The number of thioether (sulfide) groups is 1. The number of unbranched alkanes of at least 4 members (excludes halogenated alkanes) is 2. The molecule has 2 rings (SSSR count). The van der Waals surface area contributed by atoms with Crippen LogP contribution in [0, 0.1) is 0 Å². The molecule has 0 fully saturated rings. The van der Waals surface area contributed by atoms with Gasteiger partial charge in [-0.15, -0.1) is 11.8 Å². The Morgan fingerprint density at radius 3 is 2.73 bits per heavy atom. The van der Waals surface area contributed by atoms with E-state index in [0.717, 1.165) is 19.3 Å². The van der Waals surface area contributed by atoms with E-state index in [-0.39, 0.29) is 21.9 Å². The predicted octanol–water partition coefficient (Wildman–Crippen LogP) is 1.56. The summed E-state index contributed by atoms with van der Waals surface area (Å²) in [5.41, 5.74) is -0.262. The van der Waals surface area contributed by atoms with E-state index >= 15 is 0 Å². The number of carbonyl (C=O) groups is 4. The van der Waals surface area contributed by atoms with E-state index in [1.807, 2.05) is 0 Å². The maximum Gasteiger partial charge on any atom is 0.406 e. The normalized spacial score (nSPS) is 13.1. The molecule has 9 nitrogen and oxygen atoms in total. The maximum absolute atomic E-state index is 12.6. The van der Waals surface area contributed by atoms with Crippen LogP contribution in [-0.2, 0) is 4.74 Å². The standard InChI is InChI=1S/C16H19N3O6S/c1-17-15(22)12-11-13(21)10(8-9(20)14(11)25-19-12)26-7-5-3-4-6-18-16(23)24-2/h8H,3-7H2,1-2H3,(H,17,22)(H,18,23). The lowest BCUT2D eigenvalue weighted by atomic mass is 10.00. The Hall–Kier alpha value is -2.62. The van der Waals surface area contributed by atoms with E-state index in [4.69, 9.17) is 4.52 Å².